The van der Waals surface area contributed by atoms with Crippen LogP contribution in [0.4, 0.5) is 4.79 Å². The van der Waals surface area contributed by atoms with Gasteiger partial charge in [0.2, 0.25) is 12.7 Å². The van der Waals surface area contributed by atoms with Crippen LogP contribution in [-0.4, -0.2) is 59.6 Å². The van der Waals surface area contributed by atoms with Gasteiger partial charge in [0.05, 0.1) is 0 Å². The molecule has 0 bridgehead atoms. The van der Waals surface area contributed by atoms with Gasteiger partial charge in [0.15, 0.2) is 11.5 Å². The smallest absolute Gasteiger partial charge is 0.325 e. The minimum Gasteiger partial charge on any atom is -0.454 e. The molecule has 1 aliphatic carbocycles. The maximum Gasteiger partial charge on any atom is 0.325 e. The number of urea groups is 1. The van der Waals surface area contributed by atoms with Crippen LogP contribution in [0.5, 0.6) is 11.5 Å². The molecule has 1 atom stereocenters. The summed E-state index contributed by atoms with van der Waals surface area (Å²) in [6, 6.07) is 5.11. The van der Waals surface area contributed by atoms with Crippen molar-refractivity contribution in [1.29, 1.82) is 0 Å². The largest absolute Gasteiger partial charge is 0.454 e. The fraction of sp³-hybridized carbons (Fsp3) is 0.591. The first kappa shape index (κ1) is 20.5. The normalized spacial score (nSPS) is 27.9. The molecule has 30 heavy (non-hydrogen) atoms. The van der Waals surface area contributed by atoms with Crippen LogP contribution in [0.15, 0.2) is 18.2 Å². The Bertz CT molecular complexity index is 864. The summed E-state index contributed by atoms with van der Waals surface area (Å²) in [5.74, 6) is 1.39. The van der Waals surface area contributed by atoms with Gasteiger partial charge in [-0.25, -0.2) is 4.79 Å². The van der Waals surface area contributed by atoms with Crippen molar-refractivity contribution in [1.82, 2.24) is 15.1 Å². The highest BCUT2D eigenvalue weighted by Crippen LogP contribution is 2.34. The lowest BCUT2D eigenvalue weighted by Gasteiger charge is -2.34. The first-order chi connectivity index (χ1) is 14.3. The summed E-state index contributed by atoms with van der Waals surface area (Å²) >= 11 is 0. The van der Waals surface area contributed by atoms with Crippen LogP contribution in [0.3, 0.4) is 0 Å². The first-order valence-corrected chi connectivity index (χ1v) is 10.5. The van der Waals surface area contributed by atoms with E-state index in [9.17, 15) is 14.4 Å². The Morgan fingerprint density at radius 3 is 2.63 bits per heavy atom. The van der Waals surface area contributed by atoms with E-state index >= 15 is 0 Å². The number of carbonyl (C=O) groups is 3. The third-order valence-corrected chi connectivity index (χ3v) is 6.56. The van der Waals surface area contributed by atoms with E-state index in [1.807, 2.05) is 12.1 Å². The van der Waals surface area contributed by atoms with Crippen LogP contribution in [0.25, 0.3) is 0 Å². The molecule has 0 radical (unpaired) electrons. The van der Waals surface area contributed by atoms with Crippen LogP contribution >= 0.6 is 0 Å². The molecular formula is C22H29N3O5. The van der Waals surface area contributed by atoms with Crippen molar-refractivity contribution in [3.63, 3.8) is 0 Å². The van der Waals surface area contributed by atoms with Crippen molar-refractivity contribution < 1.29 is 23.9 Å². The molecule has 2 aliphatic heterocycles. The zero-order valence-corrected chi connectivity index (χ0v) is 17.8. The lowest BCUT2D eigenvalue weighted by Crippen LogP contribution is -2.48. The third-order valence-electron chi connectivity index (χ3n) is 6.56. The van der Waals surface area contributed by atoms with E-state index in [4.69, 9.17) is 9.47 Å². The Morgan fingerprint density at radius 1 is 1.20 bits per heavy atom. The number of fused-ring (bicyclic) bond motifs is 1. The summed E-state index contributed by atoms with van der Waals surface area (Å²) in [7, 11) is 1.77. The molecule has 1 saturated heterocycles. The van der Waals surface area contributed by atoms with Crippen LogP contribution in [0, 0.1) is 5.92 Å². The van der Waals surface area contributed by atoms with Crippen LogP contribution < -0.4 is 14.8 Å². The van der Waals surface area contributed by atoms with Gasteiger partial charge in [0, 0.05) is 19.5 Å². The zero-order valence-electron chi connectivity index (χ0n) is 17.8. The Kier molecular flexibility index (Phi) is 5.34. The van der Waals surface area contributed by atoms with Gasteiger partial charge < -0.3 is 19.7 Å². The number of nitrogens with zero attached hydrogens (tertiary/aromatic N) is 2. The molecule has 4 rings (SSSR count). The number of imide groups is 1. The minimum absolute atomic E-state index is 0.175. The molecule has 3 aliphatic rings. The van der Waals surface area contributed by atoms with E-state index in [1.165, 1.54) is 0 Å². The predicted molar refractivity (Wildman–Crippen MR) is 109 cm³/mol. The van der Waals surface area contributed by atoms with E-state index in [0.29, 0.717) is 23.8 Å². The number of amides is 4. The number of benzene rings is 1. The number of carbonyl (C=O) groups excluding carboxylic acids is 3. The molecule has 162 valence electrons. The van der Waals surface area contributed by atoms with Crippen molar-refractivity contribution in [3.05, 3.63) is 23.8 Å². The highest BCUT2D eigenvalue weighted by atomic mass is 16.7. The lowest BCUT2D eigenvalue weighted by molar-refractivity contribution is -0.139. The van der Waals surface area contributed by atoms with Crippen molar-refractivity contribution in [3.8, 4) is 11.5 Å². The van der Waals surface area contributed by atoms with E-state index in [2.05, 4.69) is 12.2 Å². The molecule has 8 nitrogen and oxygen atoms in total. The average molecular weight is 415 g/mol. The van der Waals surface area contributed by atoms with Crippen molar-refractivity contribution >= 4 is 17.8 Å². The number of ether oxygens (including phenoxy) is 2. The van der Waals surface area contributed by atoms with Crippen molar-refractivity contribution in [2.45, 2.75) is 57.5 Å². The summed E-state index contributed by atoms with van der Waals surface area (Å²) < 4.78 is 10.7. The molecule has 1 N–H and O–H groups in total. The SMILES string of the molecule is CC1CCC(N(C)C(=O)CN2C(=O)N[C@@](C)(Cc3ccc4c(c3)OCO4)C2=O)CC1. The standard InChI is InChI=1S/C22H29N3O5/c1-14-4-7-16(8-5-14)24(3)19(26)12-25-20(27)22(2,23-21(25)28)11-15-6-9-17-18(10-15)30-13-29-17/h6,9-10,14,16H,4-5,7-8,11-13H2,1-3H3,(H,23,28)/t14?,16?,22-/m0/s1. The fourth-order valence-corrected chi connectivity index (χ4v) is 4.55. The predicted octanol–water partition coefficient (Wildman–Crippen LogP) is 2.31. The van der Waals surface area contributed by atoms with Gasteiger partial charge in [-0.1, -0.05) is 13.0 Å². The number of likely N-dealkylation sites (N-methyl/N-ethyl adjacent to an activating group) is 1. The second kappa shape index (κ2) is 7.81. The number of rotatable bonds is 5. The van der Waals surface area contributed by atoms with E-state index in [1.54, 1.807) is 24.9 Å². The Hall–Kier alpha value is -2.77. The Balaban J connectivity index is 1.41. The molecule has 1 aromatic carbocycles. The van der Waals surface area contributed by atoms with Crippen LogP contribution in [0.2, 0.25) is 0 Å². The van der Waals surface area contributed by atoms with Crippen molar-refractivity contribution in [2.75, 3.05) is 20.4 Å². The number of hydrogen-bond acceptors (Lipinski definition) is 5. The molecule has 2 heterocycles. The molecule has 0 aromatic heterocycles. The third kappa shape index (κ3) is 3.82. The summed E-state index contributed by atoms with van der Waals surface area (Å²) in [4.78, 5) is 41.1. The van der Waals surface area contributed by atoms with Gasteiger partial charge in [-0.05, 0) is 56.2 Å². The summed E-state index contributed by atoms with van der Waals surface area (Å²) in [6.07, 6.45) is 4.42. The highest BCUT2D eigenvalue weighted by molar-refractivity contribution is 6.09. The number of hydrogen-bond donors (Lipinski definition) is 1. The van der Waals surface area contributed by atoms with Gasteiger partial charge in [0.25, 0.3) is 5.91 Å². The summed E-state index contributed by atoms with van der Waals surface area (Å²) in [5, 5.41) is 2.77. The second-order valence-corrected chi connectivity index (χ2v) is 8.94. The van der Waals surface area contributed by atoms with E-state index in [0.717, 1.165) is 36.1 Å². The molecule has 4 amide bonds. The quantitative estimate of drug-likeness (QED) is 0.746. The molecule has 8 heteroatoms. The van der Waals surface area contributed by atoms with Gasteiger partial charge in [-0.2, -0.15) is 0 Å². The van der Waals surface area contributed by atoms with Gasteiger partial charge in [0.1, 0.15) is 12.1 Å². The van der Waals surface area contributed by atoms with E-state index in [-0.39, 0.29) is 31.2 Å². The molecule has 0 spiro atoms. The maximum absolute atomic E-state index is 13.1. The zero-order chi connectivity index (χ0) is 21.5. The molecule has 0 unspecified atom stereocenters. The Morgan fingerprint density at radius 2 is 1.90 bits per heavy atom. The molecule has 1 aromatic rings. The van der Waals surface area contributed by atoms with Gasteiger partial charge in [-0.3, -0.25) is 14.5 Å². The van der Waals surface area contributed by atoms with Crippen LogP contribution in [0.1, 0.15) is 45.1 Å². The minimum atomic E-state index is -1.11. The molecule has 1 saturated carbocycles. The average Bonchev–Trinajstić information content (AvgIpc) is 3.26. The van der Waals surface area contributed by atoms with Gasteiger partial charge >= 0.3 is 6.03 Å². The monoisotopic (exact) mass is 415 g/mol. The number of nitrogens with one attached hydrogen (secondary N) is 1. The second-order valence-electron chi connectivity index (χ2n) is 8.94. The van der Waals surface area contributed by atoms with E-state index < -0.39 is 11.6 Å². The Labute approximate surface area is 176 Å². The molecular weight excluding hydrogens is 386 g/mol. The molecule has 2 fully saturated rings. The summed E-state index contributed by atoms with van der Waals surface area (Å²) in [5.41, 5.74) is -0.263. The summed E-state index contributed by atoms with van der Waals surface area (Å²) in [6.45, 7) is 3.86. The maximum atomic E-state index is 13.1. The fourth-order valence-electron chi connectivity index (χ4n) is 4.55. The lowest BCUT2D eigenvalue weighted by atomic mass is 9.87. The van der Waals surface area contributed by atoms with Gasteiger partial charge in [-0.15, -0.1) is 0 Å². The first-order valence-electron chi connectivity index (χ1n) is 10.5. The highest BCUT2D eigenvalue weighted by Gasteiger charge is 2.48. The topological polar surface area (TPSA) is 88.2 Å². The van der Waals surface area contributed by atoms with Crippen LogP contribution in [-0.2, 0) is 16.0 Å². The van der Waals surface area contributed by atoms with Crippen molar-refractivity contribution in [2.24, 2.45) is 5.92 Å².